The molecule has 1 saturated carbocycles. The van der Waals surface area contributed by atoms with E-state index in [2.05, 4.69) is 5.16 Å². The Labute approximate surface area is 171 Å². The molecular weight excluding hydrogens is 370 g/mol. The second kappa shape index (κ2) is 9.05. The van der Waals surface area contributed by atoms with Crippen molar-refractivity contribution in [2.75, 3.05) is 33.4 Å². The molecule has 7 nitrogen and oxygen atoms in total. The van der Waals surface area contributed by atoms with Crippen LogP contribution in [0, 0.1) is 0 Å². The lowest BCUT2D eigenvalue weighted by atomic mass is 9.76. The fourth-order valence-electron chi connectivity index (χ4n) is 4.01. The van der Waals surface area contributed by atoms with Gasteiger partial charge in [0, 0.05) is 32.7 Å². The van der Waals surface area contributed by atoms with E-state index >= 15 is 0 Å². The normalized spacial score (nSPS) is 22.0. The Bertz CT molecular complexity index is 805. The summed E-state index contributed by atoms with van der Waals surface area (Å²) >= 11 is 0. The van der Waals surface area contributed by atoms with E-state index in [1.807, 2.05) is 35.2 Å². The van der Waals surface area contributed by atoms with E-state index in [-0.39, 0.29) is 17.9 Å². The van der Waals surface area contributed by atoms with Crippen LogP contribution in [0.1, 0.15) is 55.3 Å². The first-order valence-electron chi connectivity index (χ1n) is 10.4. The van der Waals surface area contributed by atoms with E-state index in [0.29, 0.717) is 25.7 Å². The monoisotopic (exact) mass is 399 g/mol. The summed E-state index contributed by atoms with van der Waals surface area (Å²) in [6.07, 6.45) is 4.84. The van der Waals surface area contributed by atoms with Crippen LogP contribution < -0.4 is 0 Å². The lowest BCUT2D eigenvalue weighted by Crippen LogP contribution is -2.50. The van der Waals surface area contributed by atoms with Crippen LogP contribution in [-0.2, 0) is 26.3 Å². The highest BCUT2D eigenvalue weighted by Crippen LogP contribution is 2.41. The number of aromatic nitrogens is 2. The van der Waals surface area contributed by atoms with Gasteiger partial charge in [-0.15, -0.1) is 0 Å². The zero-order valence-corrected chi connectivity index (χ0v) is 17.0. The quantitative estimate of drug-likeness (QED) is 0.645. The van der Waals surface area contributed by atoms with Gasteiger partial charge in [-0.05, 0) is 37.7 Å². The van der Waals surface area contributed by atoms with Gasteiger partial charge in [-0.3, -0.25) is 4.79 Å². The number of likely N-dealkylation sites (tertiary alicyclic amines) is 1. The fourth-order valence-corrected chi connectivity index (χ4v) is 4.01. The van der Waals surface area contributed by atoms with Crippen molar-refractivity contribution < 1.29 is 18.8 Å². The molecule has 2 aliphatic rings. The molecule has 1 aromatic heterocycles. The minimum atomic E-state index is -0.319. The number of benzene rings is 1. The highest BCUT2D eigenvalue weighted by atomic mass is 16.5. The minimum Gasteiger partial charge on any atom is -0.385 e. The Morgan fingerprint density at radius 1 is 1.31 bits per heavy atom. The van der Waals surface area contributed by atoms with Gasteiger partial charge in [-0.25, -0.2) is 0 Å². The molecule has 1 amide bonds. The highest BCUT2D eigenvalue weighted by Gasteiger charge is 2.43. The van der Waals surface area contributed by atoms with Crippen molar-refractivity contribution in [2.24, 2.45) is 0 Å². The van der Waals surface area contributed by atoms with Gasteiger partial charge >= 0.3 is 0 Å². The van der Waals surface area contributed by atoms with Crippen molar-refractivity contribution in [3.05, 3.63) is 47.6 Å². The Kier molecular flexibility index (Phi) is 6.25. The number of hydrogen-bond acceptors (Lipinski definition) is 6. The summed E-state index contributed by atoms with van der Waals surface area (Å²) in [5.41, 5.74) is 0.743. The molecule has 1 saturated heterocycles. The van der Waals surface area contributed by atoms with E-state index < -0.39 is 0 Å². The second-order valence-electron chi connectivity index (χ2n) is 8.15. The Hall–Kier alpha value is -2.25. The van der Waals surface area contributed by atoms with Gasteiger partial charge in [0.15, 0.2) is 5.82 Å². The third kappa shape index (κ3) is 4.85. The van der Waals surface area contributed by atoms with Gasteiger partial charge in [0.25, 0.3) is 0 Å². The first-order valence-corrected chi connectivity index (χ1v) is 10.4. The molecule has 0 spiro atoms. The van der Waals surface area contributed by atoms with Crippen LogP contribution in [0.25, 0.3) is 0 Å². The summed E-state index contributed by atoms with van der Waals surface area (Å²) < 4.78 is 16.5. The van der Waals surface area contributed by atoms with Crippen LogP contribution in [0.4, 0.5) is 0 Å². The van der Waals surface area contributed by atoms with Crippen LogP contribution in [0.2, 0.25) is 0 Å². The lowest BCUT2D eigenvalue weighted by Gasteiger charge is -2.40. The molecule has 1 unspecified atom stereocenters. The molecule has 1 atom stereocenters. The number of methoxy groups -OCH3 is 1. The van der Waals surface area contributed by atoms with Gasteiger partial charge in [0.05, 0.1) is 12.0 Å². The van der Waals surface area contributed by atoms with Crippen LogP contribution in [0.3, 0.4) is 0 Å². The van der Waals surface area contributed by atoms with Crippen molar-refractivity contribution in [3.8, 4) is 0 Å². The summed E-state index contributed by atoms with van der Waals surface area (Å²) in [4.78, 5) is 19.4. The maximum Gasteiger partial charge on any atom is 0.248 e. The number of carbonyl (C=O) groups excluding carboxylic acids is 1. The number of nitrogens with zero attached hydrogens (tertiary/aromatic N) is 3. The van der Waals surface area contributed by atoms with Gasteiger partial charge in [0.2, 0.25) is 11.8 Å². The predicted molar refractivity (Wildman–Crippen MR) is 106 cm³/mol. The predicted octanol–water partition coefficient (Wildman–Crippen LogP) is 3.06. The number of carbonyl (C=O) groups is 1. The Morgan fingerprint density at radius 3 is 2.90 bits per heavy atom. The first kappa shape index (κ1) is 20.0. The summed E-state index contributed by atoms with van der Waals surface area (Å²) in [6, 6.07) is 9.89. The van der Waals surface area contributed by atoms with Gasteiger partial charge in [-0.1, -0.05) is 35.5 Å². The average molecular weight is 399 g/mol. The van der Waals surface area contributed by atoms with E-state index in [1.165, 1.54) is 0 Å². The molecule has 2 fully saturated rings. The second-order valence-corrected chi connectivity index (χ2v) is 8.15. The molecule has 1 aliphatic heterocycles. The van der Waals surface area contributed by atoms with Crippen molar-refractivity contribution in [3.63, 3.8) is 0 Å². The molecule has 2 heterocycles. The van der Waals surface area contributed by atoms with Crippen LogP contribution in [0.5, 0.6) is 0 Å². The summed E-state index contributed by atoms with van der Waals surface area (Å²) in [6.45, 7) is 2.42. The standard InChI is InChI=1S/C22H29N3O4/c1-27-13-11-22(21-23-20(29-24-21)18-8-9-18)10-5-12-25(16-22)19(26)15-28-14-17-6-3-2-4-7-17/h2-4,6-7,18H,5,8-16H2,1H3. The summed E-state index contributed by atoms with van der Waals surface area (Å²) in [5, 5.41) is 4.31. The zero-order valence-electron chi connectivity index (χ0n) is 17.0. The first-order chi connectivity index (χ1) is 14.2. The zero-order chi connectivity index (χ0) is 20.1. The number of amides is 1. The maximum absolute atomic E-state index is 12.8. The SMILES string of the molecule is COCCC1(c2noc(C3CC3)n2)CCCN(C(=O)COCc2ccccc2)C1. The van der Waals surface area contributed by atoms with E-state index in [4.69, 9.17) is 19.0 Å². The minimum absolute atomic E-state index is 0.00772. The molecule has 4 rings (SSSR count). The van der Waals surface area contributed by atoms with Crippen molar-refractivity contribution in [1.82, 2.24) is 15.0 Å². The molecule has 7 heteroatoms. The Morgan fingerprint density at radius 2 is 2.14 bits per heavy atom. The maximum atomic E-state index is 12.8. The molecule has 1 aromatic carbocycles. The summed E-state index contributed by atoms with van der Waals surface area (Å²) in [7, 11) is 1.70. The molecule has 29 heavy (non-hydrogen) atoms. The van der Waals surface area contributed by atoms with E-state index in [1.54, 1.807) is 7.11 Å². The number of hydrogen-bond donors (Lipinski definition) is 0. The van der Waals surface area contributed by atoms with Crippen LogP contribution in [-0.4, -0.2) is 54.4 Å². The van der Waals surface area contributed by atoms with E-state index in [9.17, 15) is 4.79 Å². The lowest BCUT2D eigenvalue weighted by molar-refractivity contribution is -0.139. The average Bonchev–Trinajstić information content (AvgIpc) is 3.49. The topological polar surface area (TPSA) is 77.7 Å². The molecule has 2 aromatic rings. The van der Waals surface area contributed by atoms with Crippen LogP contribution >= 0.6 is 0 Å². The molecule has 1 aliphatic carbocycles. The molecule has 156 valence electrons. The van der Waals surface area contributed by atoms with E-state index in [0.717, 1.165) is 55.9 Å². The molecule has 0 N–H and O–H groups in total. The van der Waals surface area contributed by atoms with Crippen molar-refractivity contribution >= 4 is 5.91 Å². The van der Waals surface area contributed by atoms with Gasteiger partial charge in [-0.2, -0.15) is 4.98 Å². The fraction of sp³-hybridized carbons (Fsp3) is 0.591. The molecule has 0 bridgehead atoms. The van der Waals surface area contributed by atoms with Gasteiger partial charge < -0.3 is 18.9 Å². The van der Waals surface area contributed by atoms with Crippen LogP contribution in [0.15, 0.2) is 34.9 Å². The van der Waals surface area contributed by atoms with Gasteiger partial charge in [0.1, 0.15) is 6.61 Å². The number of rotatable bonds is 9. The third-order valence-corrected chi connectivity index (χ3v) is 5.89. The number of piperidine rings is 1. The number of ether oxygens (including phenoxy) is 2. The van der Waals surface area contributed by atoms with Crippen molar-refractivity contribution in [2.45, 2.75) is 50.0 Å². The third-order valence-electron chi connectivity index (χ3n) is 5.89. The molecule has 0 radical (unpaired) electrons. The summed E-state index contributed by atoms with van der Waals surface area (Å²) in [5.74, 6) is 1.89. The smallest absolute Gasteiger partial charge is 0.248 e. The Balaban J connectivity index is 1.40. The largest absolute Gasteiger partial charge is 0.385 e. The van der Waals surface area contributed by atoms with Crippen molar-refractivity contribution in [1.29, 1.82) is 0 Å². The molecular formula is C22H29N3O4. The highest BCUT2D eigenvalue weighted by molar-refractivity contribution is 5.77.